The molecule has 2 saturated heterocycles. The lowest BCUT2D eigenvalue weighted by atomic mass is 9.84. The summed E-state index contributed by atoms with van der Waals surface area (Å²) in [4.78, 5) is 14.8. The molecule has 4 nitrogen and oxygen atoms in total. The molecule has 0 aliphatic carbocycles. The number of hydrogen-bond acceptors (Lipinski definition) is 3. The molecular formula is C15H28N2O2. The van der Waals surface area contributed by atoms with Gasteiger partial charge >= 0.3 is 0 Å². The molecule has 0 saturated carbocycles. The van der Waals surface area contributed by atoms with E-state index in [4.69, 9.17) is 10.5 Å². The fourth-order valence-corrected chi connectivity index (χ4v) is 3.56. The first kappa shape index (κ1) is 14.8. The number of hydrogen-bond donors (Lipinski definition) is 1. The number of nitrogens with two attached hydrogens (primary N) is 1. The van der Waals surface area contributed by atoms with Crippen molar-refractivity contribution in [3.05, 3.63) is 0 Å². The summed E-state index contributed by atoms with van der Waals surface area (Å²) < 4.78 is 5.80. The van der Waals surface area contributed by atoms with Gasteiger partial charge in [-0.1, -0.05) is 13.8 Å². The lowest BCUT2D eigenvalue weighted by molar-refractivity contribution is -0.140. The van der Waals surface area contributed by atoms with E-state index in [1.165, 1.54) is 0 Å². The fourth-order valence-electron chi connectivity index (χ4n) is 3.56. The van der Waals surface area contributed by atoms with Crippen LogP contribution in [-0.4, -0.2) is 42.6 Å². The third-order valence-electron chi connectivity index (χ3n) is 5.26. The van der Waals surface area contributed by atoms with Gasteiger partial charge in [-0.2, -0.15) is 0 Å². The number of ether oxygens (including phenoxy) is 1. The third-order valence-corrected chi connectivity index (χ3v) is 5.26. The van der Waals surface area contributed by atoms with E-state index in [1.54, 1.807) is 0 Å². The first-order chi connectivity index (χ1) is 8.95. The molecule has 0 aromatic heterocycles. The van der Waals surface area contributed by atoms with Crippen molar-refractivity contribution in [3.8, 4) is 0 Å². The van der Waals surface area contributed by atoms with E-state index in [9.17, 15) is 4.79 Å². The molecule has 0 spiro atoms. The summed E-state index contributed by atoms with van der Waals surface area (Å²) in [6, 6.07) is 0. The average molecular weight is 268 g/mol. The Kier molecular flexibility index (Phi) is 4.51. The Hall–Kier alpha value is -0.610. The molecular weight excluding hydrogens is 240 g/mol. The Labute approximate surface area is 116 Å². The van der Waals surface area contributed by atoms with E-state index in [2.05, 4.69) is 20.8 Å². The number of carbonyl (C=O) groups is 1. The highest BCUT2D eigenvalue weighted by Gasteiger charge is 2.44. The molecule has 2 heterocycles. The highest BCUT2D eigenvalue weighted by molar-refractivity contribution is 5.80. The second kappa shape index (κ2) is 5.80. The van der Waals surface area contributed by atoms with Gasteiger partial charge in [-0.3, -0.25) is 4.79 Å². The average Bonchev–Trinajstić information content (AvgIpc) is 2.63. The zero-order valence-electron chi connectivity index (χ0n) is 12.6. The summed E-state index contributed by atoms with van der Waals surface area (Å²) >= 11 is 0. The molecule has 6 atom stereocenters. The number of likely N-dealkylation sites (tertiary alicyclic amines) is 1. The van der Waals surface area contributed by atoms with Crippen molar-refractivity contribution in [2.75, 3.05) is 19.6 Å². The van der Waals surface area contributed by atoms with Gasteiger partial charge in [0.2, 0.25) is 5.91 Å². The van der Waals surface area contributed by atoms with Crippen LogP contribution in [-0.2, 0) is 9.53 Å². The summed E-state index contributed by atoms with van der Waals surface area (Å²) in [5.41, 5.74) is 5.82. The molecule has 0 radical (unpaired) electrons. The van der Waals surface area contributed by atoms with Crippen molar-refractivity contribution in [2.45, 2.75) is 46.3 Å². The molecule has 6 unspecified atom stereocenters. The van der Waals surface area contributed by atoms with Gasteiger partial charge in [0.15, 0.2) is 0 Å². The normalized spacial score (nSPS) is 43.5. The van der Waals surface area contributed by atoms with Gasteiger partial charge in [-0.25, -0.2) is 0 Å². The van der Waals surface area contributed by atoms with Crippen molar-refractivity contribution in [1.29, 1.82) is 0 Å². The second-order valence-corrected chi connectivity index (χ2v) is 6.48. The van der Waals surface area contributed by atoms with Crippen LogP contribution in [0, 0.1) is 23.7 Å². The topological polar surface area (TPSA) is 55.6 Å². The highest BCUT2D eigenvalue weighted by atomic mass is 16.5. The maximum Gasteiger partial charge on any atom is 0.228 e. The van der Waals surface area contributed by atoms with Crippen LogP contribution in [0.1, 0.15) is 34.1 Å². The molecule has 2 fully saturated rings. The van der Waals surface area contributed by atoms with Crippen molar-refractivity contribution in [3.63, 3.8) is 0 Å². The van der Waals surface area contributed by atoms with Gasteiger partial charge in [0.25, 0.3) is 0 Å². The molecule has 110 valence electrons. The van der Waals surface area contributed by atoms with E-state index in [1.807, 2.05) is 11.8 Å². The molecule has 1 amide bonds. The van der Waals surface area contributed by atoms with E-state index < -0.39 is 0 Å². The number of nitrogens with zero attached hydrogens (tertiary/aromatic N) is 1. The molecule has 0 bridgehead atoms. The summed E-state index contributed by atoms with van der Waals surface area (Å²) in [6.45, 7) is 10.8. The Morgan fingerprint density at radius 2 is 1.95 bits per heavy atom. The Morgan fingerprint density at radius 3 is 2.47 bits per heavy atom. The SMILES string of the molecule is CC1CCN(C(=O)C2C(C)OC(C)C2C)CC1CN. The first-order valence-electron chi connectivity index (χ1n) is 7.60. The number of rotatable bonds is 2. The van der Waals surface area contributed by atoms with Crippen LogP contribution >= 0.6 is 0 Å². The van der Waals surface area contributed by atoms with Gasteiger partial charge < -0.3 is 15.4 Å². The summed E-state index contributed by atoms with van der Waals surface area (Å²) in [7, 11) is 0. The largest absolute Gasteiger partial charge is 0.374 e. The maximum atomic E-state index is 12.7. The summed E-state index contributed by atoms with van der Waals surface area (Å²) in [6.07, 6.45) is 1.28. The minimum atomic E-state index is 0.0156. The van der Waals surface area contributed by atoms with Crippen molar-refractivity contribution < 1.29 is 9.53 Å². The number of amides is 1. The van der Waals surface area contributed by atoms with E-state index >= 15 is 0 Å². The molecule has 2 aliphatic rings. The van der Waals surface area contributed by atoms with Gasteiger partial charge in [0, 0.05) is 13.1 Å². The fraction of sp³-hybridized carbons (Fsp3) is 0.933. The van der Waals surface area contributed by atoms with Crippen LogP contribution in [0.5, 0.6) is 0 Å². The van der Waals surface area contributed by atoms with Gasteiger partial charge in [-0.15, -0.1) is 0 Å². The van der Waals surface area contributed by atoms with Gasteiger partial charge in [0.05, 0.1) is 18.1 Å². The Balaban J connectivity index is 2.04. The smallest absolute Gasteiger partial charge is 0.228 e. The zero-order valence-corrected chi connectivity index (χ0v) is 12.6. The molecule has 2 rings (SSSR count). The molecule has 19 heavy (non-hydrogen) atoms. The van der Waals surface area contributed by atoms with Crippen LogP contribution in [0.3, 0.4) is 0 Å². The highest BCUT2D eigenvalue weighted by Crippen LogP contribution is 2.34. The van der Waals surface area contributed by atoms with Crippen molar-refractivity contribution in [1.82, 2.24) is 4.90 Å². The van der Waals surface area contributed by atoms with Crippen LogP contribution < -0.4 is 5.73 Å². The van der Waals surface area contributed by atoms with E-state index in [0.29, 0.717) is 24.3 Å². The molecule has 2 aliphatic heterocycles. The molecule has 4 heteroatoms. The standard InChI is InChI=1S/C15H28N2O2/c1-9-5-6-17(8-13(9)7-16)15(18)14-10(2)11(3)19-12(14)4/h9-14H,5-8,16H2,1-4H3. The molecule has 2 N–H and O–H groups in total. The Morgan fingerprint density at radius 1 is 1.26 bits per heavy atom. The van der Waals surface area contributed by atoms with Crippen molar-refractivity contribution in [2.24, 2.45) is 29.4 Å². The lowest BCUT2D eigenvalue weighted by Crippen LogP contribution is -2.49. The Bertz CT molecular complexity index is 334. The van der Waals surface area contributed by atoms with Crippen LogP contribution in [0.25, 0.3) is 0 Å². The van der Waals surface area contributed by atoms with Crippen LogP contribution in [0.4, 0.5) is 0 Å². The summed E-state index contributed by atoms with van der Waals surface area (Å²) in [5.74, 6) is 1.67. The second-order valence-electron chi connectivity index (χ2n) is 6.48. The van der Waals surface area contributed by atoms with Gasteiger partial charge in [-0.05, 0) is 44.6 Å². The number of carbonyl (C=O) groups excluding carboxylic acids is 1. The zero-order chi connectivity index (χ0) is 14.2. The quantitative estimate of drug-likeness (QED) is 0.825. The predicted octanol–water partition coefficient (Wildman–Crippen LogP) is 1.49. The minimum absolute atomic E-state index is 0.0156. The first-order valence-corrected chi connectivity index (χ1v) is 7.60. The van der Waals surface area contributed by atoms with Crippen LogP contribution in [0.2, 0.25) is 0 Å². The minimum Gasteiger partial charge on any atom is -0.374 e. The summed E-state index contributed by atoms with van der Waals surface area (Å²) in [5, 5.41) is 0. The van der Waals surface area contributed by atoms with E-state index in [0.717, 1.165) is 19.5 Å². The third kappa shape index (κ3) is 2.79. The van der Waals surface area contributed by atoms with E-state index in [-0.39, 0.29) is 24.0 Å². The molecule has 0 aromatic carbocycles. The van der Waals surface area contributed by atoms with Crippen LogP contribution in [0.15, 0.2) is 0 Å². The predicted molar refractivity (Wildman–Crippen MR) is 75.6 cm³/mol. The monoisotopic (exact) mass is 268 g/mol. The van der Waals surface area contributed by atoms with Gasteiger partial charge in [0.1, 0.15) is 0 Å². The molecule has 0 aromatic rings. The number of piperidine rings is 1. The lowest BCUT2D eigenvalue weighted by Gasteiger charge is -2.38. The van der Waals surface area contributed by atoms with Crippen molar-refractivity contribution >= 4 is 5.91 Å². The maximum absolute atomic E-state index is 12.7.